The van der Waals surface area contributed by atoms with Crippen molar-refractivity contribution in [2.24, 2.45) is 0 Å². The summed E-state index contributed by atoms with van der Waals surface area (Å²) in [6.07, 6.45) is -5.85. The number of amides is 1. The smallest absolute Gasteiger partial charge is 0.483 e. The second kappa shape index (κ2) is 8.77. The number of hydrogen-bond donors (Lipinski definition) is 2. The van der Waals surface area contributed by atoms with Crippen LogP contribution < -0.4 is 14.8 Å². The number of halogens is 3. The molecule has 1 amide bonds. The van der Waals surface area contributed by atoms with E-state index >= 15 is 0 Å². The van der Waals surface area contributed by atoms with E-state index in [0.29, 0.717) is 11.3 Å². The minimum Gasteiger partial charge on any atom is -0.483 e. The van der Waals surface area contributed by atoms with Crippen molar-refractivity contribution in [1.82, 2.24) is 5.32 Å². The topological polar surface area (TPSA) is 67.8 Å². The van der Waals surface area contributed by atoms with Gasteiger partial charge in [0.1, 0.15) is 11.5 Å². The number of rotatable bonds is 7. The van der Waals surface area contributed by atoms with E-state index in [1.807, 2.05) is 32.0 Å². The average molecular weight is 383 g/mol. The first-order chi connectivity index (χ1) is 12.7. The molecule has 0 aliphatic rings. The Balaban J connectivity index is 1.82. The summed E-state index contributed by atoms with van der Waals surface area (Å²) in [6.45, 7) is 3.43. The van der Waals surface area contributed by atoms with E-state index in [1.54, 1.807) is 0 Å². The predicted octanol–water partition coefficient (Wildman–Crippen LogP) is 3.43. The van der Waals surface area contributed by atoms with Crippen molar-refractivity contribution in [3.05, 3.63) is 59.2 Å². The van der Waals surface area contributed by atoms with Crippen LogP contribution in [0.2, 0.25) is 0 Å². The van der Waals surface area contributed by atoms with Crippen molar-refractivity contribution >= 4 is 5.91 Å². The fraction of sp³-hybridized carbons (Fsp3) is 0.316. The SMILES string of the molecule is Cc1cccc(C)c1OCC(=O)NCC(O)c1ccc(OC(F)(F)F)cc1. The number of aliphatic hydroxyl groups is 1. The molecule has 0 fully saturated rings. The summed E-state index contributed by atoms with van der Waals surface area (Å²) in [4.78, 5) is 11.9. The number of carbonyl (C=O) groups is 1. The lowest BCUT2D eigenvalue weighted by atomic mass is 10.1. The van der Waals surface area contributed by atoms with Gasteiger partial charge in [-0.05, 0) is 42.7 Å². The number of aliphatic hydroxyl groups excluding tert-OH is 1. The highest BCUT2D eigenvalue weighted by Gasteiger charge is 2.31. The summed E-state index contributed by atoms with van der Waals surface area (Å²) in [5.41, 5.74) is 2.16. The molecule has 0 aliphatic carbocycles. The van der Waals surface area contributed by atoms with Crippen LogP contribution in [-0.2, 0) is 4.79 Å². The molecule has 146 valence electrons. The van der Waals surface area contributed by atoms with Gasteiger partial charge in [0, 0.05) is 6.54 Å². The molecular formula is C19H20F3NO4. The number of hydrogen-bond acceptors (Lipinski definition) is 4. The van der Waals surface area contributed by atoms with Crippen LogP contribution in [0.15, 0.2) is 42.5 Å². The molecule has 0 saturated carbocycles. The van der Waals surface area contributed by atoms with E-state index in [-0.39, 0.29) is 18.9 Å². The van der Waals surface area contributed by atoms with Gasteiger partial charge in [0.25, 0.3) is 5.91 Å². The van der Waals surface area contributed by atoms with E-state index in [4.69, 9.17) is 4.74 Å². The van der Waals surface area contributed by atoms with Crippen LogP contribution in [0.4, 0.5) is 13.2 Å². The quantitative estimate of drug-likeness (QED) is 0.769. The van der Waals surface area contributed by atoms with Crippen LogP contribution in [0.5, 0.6) is 11.5 Å². The third-order valence-electron chi connectivity index (χ3n) is 3.75. The number of nitrogens with one attached hydrogen (secondary N) is 1. The van der Waals surface area contributed by atoms with Crippen LogP contribution in [0.25, 0.3) is 0 Å². The van der Waals surface area contributed by atoms with Crippen molar-refractivity contribution in [2.75, 3.05) is 13.2 Å². The highest BCUT2D eigenvalue weighted by atomic mass is 19.4. The third kappa shape index (κ3) is 6.49. The van der Waals surface area contributed by atoms with Gasteiger partial charge in [0.2, 0.25) is 0 Å². The Kier molecular flexibility index (Phi) is 6.68. The maximum absolute atomic E-state index is 12.1. The predicted molar refractivity (Wildman–Crippen MR) is 92.5 cm³/mol. The Labute approximate surface area is 154 Å². The number of alkyl halides is 3. The molecule has 5 nitrogen and oxygen atoms in total. The zero-order chi connectivity index (χ0) is 20.0. The average Bonchev–Trinajstić information content (AvgIpc) is 2.58. The molecule has 0 saturated heterocycles. The van der Waals surface area contributed by atoms with Gasteiger partial charge >= 0.3 is 6.36 Å². The third-order valence-corrected chi connectivity index (χ3v) is 3.75. The Morgan fingerprint density at radius 2 is 1.70 bits per heavy atom. The molecular weight excluding hydrogens is 363 g/mol. The Bertz CT molecular complexity index is 755. The minimum atomic E-state index is -4.77. The molecule has 0 bridgehead atoms. The zero-order valence-electron chi connectivity index (χ0n) is 14.8. The van der Waals surface area contributed by atoms with Crippen LogP contribution in [0.3, 0.4) is 0 Å². The van der Waals surface area contributed by atoms with Crippen molar-refractivity contribution in [3.63, 3.8) is 0 Å². The molecule has 1 atom stereocenters. The number of carbonyl (C=O) groups excluding carboxylic acids is 1. The molecule has 27 heavy (non-hydrogen) atoms. The van der Waals surface area contributed by atoms with Crippen LogP contribution >= 0.6 is 0 Å². The van der Waals surface area contributed by atoms with Crippen LogP contribution in [0, 0.1) is 13.8 Å². The van der Waals surface area contributed by atoms with Crippen LogP contribution in [-0.4, -0.2) is 30.5 Å². The Hall–Kier alpha value is -2.74. The Morgan fingerprint density at radius 3 is 2.26 bits per heavy atom. The summed E-state index contributed by atoms with van der Waals surface area (Å²) in [6, 6.07) is 10.4. The van der Waals surface area contributed by atoms with E-state index in [0.717, 1.165) is 23.3 Å². The summed E-state index contributed by atoms with van der Waals surface area (Å²) in [5, 5.41) is 12.6. The molecule has 2 aromatic rings. The first-order valence-electron chi connectivity index (χ1n) is 8.15. The van der Waals surface area contributed by atoms with Crippen molar-refractivity contribution < 1.29 is 32.5 Å². The summed E-state index contributed by atoms with van der Waals surface area (Å²) in [5.74, 6) is -0.174. The van der Waals surface area contributed by atoms with E-state index in [9.17, 15) is 23.1 Å². The maximum Gasteiger partial charge on any atom is 0.573 e. The number of ether oxygens (including phenoxy) is 2. The Morgan fingerprint density at radius 1 is 1.11 bits per heavy atom. The van der Waals surface area contributed by atoms with E-state index in [1.165, 1.54) is 12.1 Å². The van der Waals surface area contributed by atoms with Gasteiger partial charge in [-0.1, -0.05) is 30.3 Å². The fourth-order valence-corrected chi connectivity index (χ4v) is 2.44. The molecule has 8 heteroatoms. The molecule has 0 aromatic heterocycles. The minimum absolute atomic E-state index is 0.103. The normalized spacial score (nSPS) is 12.4. The zero-order valence-corrected chi connectivity index (χ0v) is 14.8. The highest BCUT2D eigenvalue weighted by Crippen LogP contribution is 2.24. The summed E-state index contributed by atoms with van der Waals surface area (Å²) >= 11 is 0. The molecule has 0 radical (unpaired) electrons. The largest absolute Gasteiger partial charge is 0.573 e. The molecule has 0 aliphatic heterocycles. The highest BCUT2D eigenvalue weighted by molar-refractivity contribution is 5.77. The first kappa shape index (κ1) is 20.6. The van der Waals surface area contributed by atoms with Gasteiger partial charge in [-0.2, -0.15) is 0 Å². The molecule has 0 heterocycles. The lowest BCUT2D eigenvalue weighted by Gasteiger charge is -2.15. The molecule has 0 spiro atoms. The van der Waals surface area contributed by atoms with E-state index < -0.39 is 18.4 Å². The fourth-order valence-electron chi connectivity index (χ4n) is 2.44. The maximum atomic E-state index is 12.1. The van der Waals surface area contributed by atoms with Gasteiger partial charge in [-0.3, -0.25) is 4.79 Å². The van der Waals surface area contributed by atoms with E-state index in [2.05, 4.69) is 10.1 Å². The van der Waals surface area contributed by atoms with Crippen LogP contribution in [0.1, 0.15) is 22.8 Å². The van der Waals surface area contributed by atoms with Crippen molar-refractivity contribution in [1.29, 1.82) is 0 Å². The standard InChI is InChI=1S/C19H20F3NO4/c1-12-4-3-5-13(2)18(12)26-11-17(25)23-10-16(24)14-6-8-15(9-7-14)27-19(20,21)22/h3-9,16,24H,10-11H2,1-2H3,(H,23,25). The number of aryl methyl sites for hydroxylation is 2. The van der Waals surface area contributed by atoms with Gasteiger partial charge in [-0.25, -0.2) is 0 Å². The van der Waals surface area contributed by atoms with Gasteiger partial charge < -0.3 is 19.9 Å². The molecule has 2 aromatic carbocycles. The number of benzene rings is 2. The lowest BCUT2D eigenvalue weighted by Crippen LogP contribution is -2.32. The summed E-state index contributed by atoms with van der Waals surface area (Å²) in [7, 11) is 0. The van der Waals surface area contributed by atoms with Gasteiger partial charge in [0.15, 0.2) is 6.61 Å². The van der Waals surface area contributed by atoms with Gasteiger partial charge in [-0.15, -0.1) is 13.2 Å². The number of para-hydroxylation sites is 1. The van der Waals surface area contributed by atoms with Gasteiger partial charge in [0.05, 0.1) is 6.10 Å². The second-order valence-electron chi connectivity index (χ2n) is 5.95. The monoisotopic (exact) mass is 383 g/mol. The van der Waals surface area contributed by atoms with Crippen molar-refractivity contribution in [2.45, 2.75) is 26.3 Å². The van der Waals surface area contributed by atoms with Crippen molar-refractivity contribution in [3.8, 4) is 11.5 Å². The lowest BCUT2D eigenvalue weighted by molar-refractivity contribution is -0.274. The first-order valence-corrected chi connectivity index (χ1v) is 8.15. The second-order valence-corrected chi connectivity index (χ2v) is 5.95. The summed E-state index contributed by atoms with van der Waals surface area (Å²) < 4.78 is 45.6. The molecule has 2 N–H and O–H groups in total. The molecule has 1 unspecified atom stereocenters. The molecule has 2 rings (SSSR count).